The number of aromatic nitrogens is 1. The van der Waals surface area contributed by atoms with Gasteiger partial charge in [0.2, 0.25) is 5.43 Å². The number of hydrogen-bond donors (Lipinski definition) is 1. The fourth-order valence-electron chi connectivity index (χ4n) is 1.81. The standard InChI is InChI=1S/C13H12N2O5/c1-20-13-7-14(11(8-16)6-12(13)17)9-2-4-10(5-3-9)15(18)19/h2-7,16H,8H2,1H3. The predicted octanol–water partition coefficient (Wildman–Crippen LogP) is 1.25. The number of benzene rings is 1. The molecule has 1 aromatic heterocycles. The summed E-state index contributed by atoms with van der Waals surface area (Å²) in [7, 11) is 1.37. The van der Waals surface area contributed by atoms with Crippen LogP contribution < -0.4 is 10.2 Å². The van der Waals surface area contributed by atoms with Gasteiger partial charge in [-0.15, -0.1) is 0 Å². The molecule has 2 aromatic rings. The first-order valence-electron chi connectivity index (χ1n) is 5.72. The lowest BCUT2D eigenvalue weighted by Crippen LogP contribution is -2.13. The van der Waals surface area contributed by atoms with Crippen molar-refractivity contribution < 1.29 is 14.8 Å². The minimum atomic E-state index is -0.497. The fraction of sp³-hybridized carbons (Fsp3) is 0.154. The Morgan fingerprint density at radius 2 is 2.00 bits per heavy atom. The largest absolute Gasteiger partial charge is 0.491 e. The smallest absolute Gasteiger partial charge is 0.269 e. The molecule has 0 unspecified atom stereocenters. The number of methoxy groups -OCH3 is 1. The molecular formula is C13H12N2O5. The van der Waals surface area contributed by atoms with Crippen LogP contribution in [0.4, 0.5) is 5.69 Å². The van der Waals surface area contributed by atoms with Gasteiger partial charge in [-0.1, -0.05) is 0 Å². The summed E-state index contributed by atoms with van der Waals surface area (Å²) in [6.45, 7) is -0.337. The molecule has 0 saturated heterocycles. The predicted molar refractivity (Wildman–Crippen MR) is 71.2 cm³/mol. The summed E-state index contributed by atoms with van der Waals surface area (Å²) < 4.78 is 6.49. The number of hydrogen-bond acceptors (Lipinski definition) is 5. The van der Waals surface area contributed by atoms with Gasteiger partial charge >= 0.3 is 0 Å². The lowest BCUT2D eigenvalue weighted by molar-refractivity contribution is -0.384. The van der Waals surface area contributed by atoms with Crippen molar-refractivity contribution in [3.63, 3.8) is 0 Å². The summed E-state index contributed by atoms with van der Waals surface area (Å²) in [5.41, 5.74) is 0.574. The van der Waals surface area contributed by atoms with Gasteiger partial charge in [0, 0.05) is 23.9 Å². The number of non-ortho nitro benzene ring substituents is 1. The normalized spacial score (nSPS) is 10.3. The van der Waals surface area contributed by atoms with Gasteiger partial charge in [0.05, 0.1) is 30.5 Å². The highest BCUT2D eigenvalue weighted by molar-refractivity contribution is 5.43. The van der Waals surface area contributed by atoms with Crippen LogP contribution in [-0.2, 0) is 6.61 Å². The highest BCUT2D eigenvalue weighted by Gasteiger charge is 2.10. The van der Waals surface area contributed by atoms with Gasteiger partial charge in [0.1, 0.15) is 0 Å². The van der Waals surface area contributed by atoms with Crippen LogP contribution in [0.25, 0.3) is 5.69 Å². The Kier molecular flexibility index (Phi) is 3.81. The van der Waals surface area contributed by atoms with E-state index in [4.69, 9.17) is 4.74 Å². The van der Waals surface area contributed by atoms with Gasteiger partial charge < -0.3 is 14.4 Å². The van der Waals surface area contributed by atoms with Crippen molar-refractivity contribution in [1.29, 1.82) is 0 Å². The zero-order valence-electron chi connectivity index (χ0n) is 10.6. The monoisotopic (exact) mass is 276 g/mol. The molecule has 1 heterocycles. The number of ether oxygens (including phenoxy) is 1. The Morgan fingerprint density at radius 1 is 1.35 bits per heavy atom. The van der Waals surface area contributed by atoms with Crippen LogP contribution in [0.15, 0.2) is 41.3 Å². The topological polar surface area (TPSA) is 94.6 Å². The lowest BCUT2D eigenvalue weighted by atomic mass is 10.2. The maximum absolute atomic E-state index is 11.6. The van der Waals surface area contributed by atoms with Crippen LogP contribution in [-0.4, -0.2) is 21.7 Å². The van der Waals surface area contributed by atoms with E-state index in [0.29, 0.717) is 11.4 Å². The number of nitro groups is 1. The van der Waals surface area contributed by atoms with Crippen LogP contribution >= 0.6 is 0 Å². The summed E-state index contributed by atoms with van der Waals surface area (Å²) in [5, 5.41) is 19.9. The van der Waals surface area contributed by atoms with E-state index in [1.807, 2.05) is 0 Å². The van der Waals surface area contributed by atoms with Gasteiger partial charge in [0.25, 0.3) is 5.69 Å². The molecule has 0 aliphatic rings. The number of nitro benzene ring substituents is 1. The number of rotatable bonds is 4. The number of pyridine rings is 1. The molecule has 104 valence electrons. The maximum atomic E-state index is 11.6. The molecule has 0 atom stereocenters. The lowest BCUT2D eigenvalue weighted by Gasteiger charge is -2.13. The third kappa shape index (κ3) is 2.52. The second-order valence-electron chi connectivity index (χ2n) is 4.00. The van der Waals surface area contributed by atoms with E-state index >= 15 is 0 Å². The number of nitrogens with zero attached hydrogens (tertiary/aromatic N) is 2. The molecule has 0 radical (unpaired) electrons. The first kappa shape index (κ1) is 13.8. The Bertz CT molecular complexity index is 691. The Hall–Kier alpha value is -2.67. The molecule has 0 aliphatic heterocycles. The quantitative estimate of drug-likeness (QED) is 0.669. The third-order valence-electron chi connectivity index (χ3n) is 2.82. The van der Waals surface area contributed by atoms with Crippen molar-refractivity contribution in [2.45, 2.75) is 6.61 Å². The van der Waals surface area contributed by atoms with Gasteiger partial charge in [-0.25, -0.2) is 0 Å². The third-order valence-corrected chi connectivity index (χ3v) is 2.82. The van der Waals surface area contributed by atoms with Crippen molar-refractivity contribution in [1.82, 2.24) is 4.57 Å². The molecule has 0 amide bonds. The summed E-state index contributed by atoms with van der Waals surface area (Å²) in [6, 6.07) is 7.02. The van der Waals surface area contributed by atoms with Crippen molar-refractivity contribution in [2.24, 2.45) is 0 Å². The van der Waals surface area contributed by atoms with Crippen LogP contribution in [0.3, 0.4) is 0 Å². The Balaban J connectivity index is 2.55. The maximum Gasteiger partial charge on any atom is 0.269 e. The Morgan fingerprint density at radius 3 is 2.50 bits per heavy atom. The van der Waals surface area contributed by atoms with Gasteiger partial charge in [0.15, 0.2) is 5.75 Å². The summed E-state index contributed by atoms with van der Waals surface area (Å²) in [6.07, 6.45) is 1.44. The fourth-order valence-corrected chi connectivity index (χ4v) is 1.81. The second-order valence-corrected chi connectivity index (χ2v) is 4.00. The molecule has 1 N–H and O–H groups in total. The van der Waals surface area contributed by atoms with Crippen molar-refractivity contribution in [2.75, 3.05) is 7.11 Å². The molecule has 0 spiro atoms. The first-order chi connectivity index (χ1) is 9.56. The minimum Gasteiger partial charge on any atom is -0.491 e. The molecule has 0 aliphatic carbocycles. The van der Waals surface area contributed by atoms with E-state index in [2.05, 4.69) is 0 Å². The van der Waals surface area contributed by atoms with Crippen LogP contribution in [0.1, 0.15) is 5.69 Å². The van der Waals surface area contributed by atoms with E-state index in [1.54, 1.807) is 4.57 Å². The molecule has 20 heavy (non-hydrogen) atoms. The summed E-state index contributed by atoms with van der Waals surface area (Å²) in [5.74, 6) is 0.126. The van der Waals surface area contributed by atoms with Gasteiger partial charge in [-0.05, 0) is 12.1 Å². The van der Waals surface area contributed by atoms with Crippen LogP contribution in [0.5, 0.6) is 5.75 Å². The van der Waals surface area contributed by atoms with Gasteiger partial charge in [-0.2, -0.15) is 0 Å². The number of aliphatic hydroxyl groups excluding tert-OH is 1. The molecule has 7 heteroatoms. The molecular weight excluding hydrogens is 264 g/mol. The SMILES string of the molecule is COc1cn(-c2ccc([N+](=O)[O-])cc2)c(CO)cc1=O. The molecule has 2 rings (SSSR count). The molecule has 1 aromatic carbocycles. The summed E-state index contributed by atoms with van der Waals surface area (Å²) >= 11 is 0. The van der Waals surface area contributed by atoms with Crippen molar-refractivity contribution in [3.05, 3.63) is 62.6 Å². The number of aliphatic hydroxyl groups is 1. The van der Waals surface area contributed by atoms with E-state index in [9.17, 15) is 20.0 Å². The van der Waals surface area contributed by atoms with Crippen molar-refractivity contribution >= 4 is 5.69 Å². The molecule has 0 saturated carbocycles. The second kappa shape index (κ2) is 5.54. The minimum absolute atomic E-state index is 0.0349. The zero-order valence-corrected chi connectivity index (χ0v) is 10.6. The van der Waals surface area contributed by atoms with Crippen molar-refractivity contribution in [3.8, 4) is 11.4 Å². The summed E-state index contributed by atoms with van der Waals surface area (Å²) in [4.78, 5) is 21.7. The Labute approximate surface area is 113 Å². The average Bonchev–Trinajstić information content (AvgIpc) is 2.47. The van der Waals surface area contributed by atoms with Crippen LogP contribution in [0.2, 0.25) is 0 Å². The zero-order chi connectivity index (χ0) is 14.7. The molecule has 7 nitrogen and oxygen atoms in total. The van der Waals surface area contributed by atoms with E-state index in [0.717, 1.165) is 0 Å². The van der Waals surface area contributed by atoms with Gasteiger partial charge in [-0.3, -0.25) is 14.9 Å². The van der Waals surface area contributed by atoms with E-state index in [1.165, 1.54) is 43.6 Å². The molecule has 0 fully saturated rings. The van der Waals surface area contributed by atoms with Crippen LogP contribution in [0, 0.1) is 10.1 Å². The highest BCUT2D eigenvalue weighted by Crippen LogP contribution is 2.18. The highest BCUT2D eigenvalue weighted by atomic mass is 16.6. The molecule has 0 bridgehead atoms. The first-order valence-corrected chi connectivity index (χ1v) is 5.72. The average molecular weight is 276 g/mol. The van der Waals surface area contributed by atoms with E-state index in [-0.39, 0.29) is 23.5 Å². The van der Waals surface area contributed by atoms with E-state index < -0.39 is 4.92 Å².